The van der Waals surface area contributed by atoms with E-state index in [1.807, 2.05) is 31.2 Å². The Kier molecular flexibility index (Phi) is 7.60. The summed E-state index contributed by atoms with van der Waals surface area (Å²) < 4.78 is 4.99. The molecule has 0 saturated carbocycles. The van der Waals surface area contributed by atoms with Gasteiger partial charge in [-0.3, -0.25) is 14.5 Å². The van der Waals surface area contributed by atoms with Crippen LogP contribution >= 0.6 is 0 Å². The first kappa shape index (κ1) is 20.7. The zero-order chi connectivity index (χ0) is 19.8. The van der Waals surface area contributed by atoms with Crippen LogP contribution in [0.3, 0.4) is 0 Å². The number of carbonyl (C=O) groups excluding carboxylic acids is 3. The number of ether oxygens (including phenoxy) is 1. The Morgan fingerprint density at radius 3 is 2.41 bits per heavy atom. The first-order valence-corrected chi connectivity index (χ1v) is 9.24. The van der Waals surface area contributed by atoms with Gasteiger partial charge >= 0.3 is 6.09 Å². The lowest BCUT2D eigenvalue weighted by atomic mass is 10.2. The number of rotatable bonds is 6. The van der Waals surface area contributed by atoms with E-state index in [0.717, 1.165) is 10.5 Å². The van der Waals surface area contributed by atoms with E-state index < -0.39 is 0 Å². The number of hydrogen-bond donors (Lipinski definition) is 2. The summed E-state index contributed by atoms with van der Waals surface area (Å²) in [6.45, 7) is 6.95. The van der Waals surface area contributed by atoms with E-state index in [1.165, 1.54) is 4.90 Å². The van der Waals surface area contributed by atoms with Crippen LogP contribution in [0.15, 0.2) is 24.3 Å². The van der Waals surface area contributed by atoms with E-state index in [9.17, 15) is 14.4 Å². The Morgan fingerprint density at radius 1 is 1.19 bits per heavy atom. The molecule has 8 heteroatoms. The molecule has 0 aliphatic carbocycles. The molecule has 0 atom stereocenters. The van der Waals surface area contributed by atoms with Crippen molar-refractivity contribution in [2.45, 2.75) is 13.8 Å². The zero-order valence-electron chi connectivity index (χ0n) is 16.3. The SMILES string of the molecule is CCOC(=O)N1CC[NH+](CC(=O)N(C)CC(=O)Nc2ccc(C)cc2)CC1. The molecule has 1 heterocycles. The van der Waals surface area contributed by atoms with Crippen molar-refractivity contribution in [1.82, 2.24) is 9.80 Å². The molecule has 0 unspecified atom stereocenters. The number of amides is 3. The Morgan fingerprint density at radius 2 is 1.81 bits per heavy atom. The summed E-state index contributed by atoms with van der Waals surface area (Å²) >= 11 is 0. The Labute approximate surface area is 160 Å². The molecular weight excluding hydrogens is 348 g/mol. The molecule has 0 aromatic heterocycles. The molecule has 148 valence electrons. The maximum atomic E-state index is 12.4. The molecule has 2 N–H and O–H groups in total. The zero-order valence-corrected chi connectivity index (χ0v) is 16.3. The van der Waals surface area contributed by atoms with E-state index in [2.05, 4.69) is 5.32 Å². The molecule has 0 radical (unpaired) electrons. The summed E-state index contributed by atoms with van der Waals surface area (Å²) in [6, 6.07) is 7.51. The van der Waals surface area contributed by atoms with E-state index in [1.54, 1.807) is 18.9 Å². The molecule has 3 amide bonds. The predicted molar refractivity (Wildman–Crippen MR) is 102 cm³/mol. The molecule has 0 bridgehead atoms. The van der Waals surface area contributed by atoms with Crippen LogP contribution in [0.2, 0.25) is 0 Å². The molecule has 1 saturated heterocycles. The highest BCUT2D eigenvalue weighted by Crippen LogP contribution is 2.08. The molecular formula is C19H29N4O4+. The molecule has 1 aliphatic heterocycles. The number of hydrogen-bond acceptors (Lipinski definition) is 4. The third-order valence-corrected chi connectivity index (χ3v) is 4.54. The minimum atomic E-state index is -0.298. The topological polar surface area (TPSA) is 83.4 Å². The third-order valence-electron chi connectivity index (χ3n) is 4.54. The summed E-state index contributed by atoms with van der Waals surface area (Å²) in [5, 5.41) is 2.79. The maximum Gasteiger partial charge on any atom is 0.410 e. The van der Waals surface area contributed by atoms with Crippen LogP contribution in [-0.2, 0) is 14.3 Å². The minimum absolute atomic E-state index is 0.00887. The molecule has 1 aromatic rings. The quantitative estimate of drug-likeness (QED) is 0.716. The van der Waals surface area contributed by atoms with Gasteiger partial charge in [-0.1, -0.05) is 17.7 Å². The van der Waals surface area contributed by atoms with Gasteiger partial charge in [0.1, 0.15) is 0 Å². The second kappa shape index (κ2) is 9.91. The summed E-state index contributed by atoms with van der Waals surface area (Å²) in [6.07, 6.45) is -0.298. The van der Waals surface area contributed by atoms with Gasteiger partial charge in [-0.15, -0.1) is 0 Å². The third kappa shape index (κ3) is 6.56. The summed E-state index contributed by atoms with van der Waals surface area (Å²) in [5.41, 5.74) is 1.83. The molecule has 8 nitrogen and oxygen atoms in total. The number of piperazine rings is 1. The highest BCUT2D eigenvalue weighted by molar-refractivity contribution is 5.94. The van der Waals surface area contributed by atoms with E-state index >= 15 is 0 Å². The second-order valence-electron chi connectivity index (χ2n) is 6.78. The number of aryl methyl sites for hydroxylation is 1. The Bertz CT molecular complexity index is 654. The van der Waals surface area contributed by atoms with E-state index in [0.29, 0.717) is 45.0 Å². The van der Waals surface area contributed by atoms with Crippen molar-refractivity contribution in [2.24, 2.45) is 0 Å². The molecule has 0 spiro atoms. The standard InChI is InChI=1S/C19H28N4O4/c1-4-27-19(26)23-11-9-22(10-12-23)14-18(25)21(3)13-17(24)20-16-7-5-15(2)6-8-16/h5-8H,4,9-14H2,1-3H3,(H,20,24)/p+1. The fraction of sp³-hybridized carbons (Fsp3) is 0.526. The van der Waals surface area contributed by atoms with Crippen LogP contribution in [0.4, 0.5) is 10.5 Å². The summed E-state index contributed by atoms with van der Waals surface area (Å²) in [5.74, 6) is -0.314. The smallest absolute Gasteiger partial charge is 0.410 e. The molecule has 1 aromatic carbocycles. The van der Waals surface area contributed by atoms with Crippen molar-refractivity contribution >= 4 is 23.6 Å². The lowest BCUT2D eigenvalue weighted by Gasteiger charge is -2.31. The predicted octanol–water partition coefficient (Wildman–Crippen LogP) is -0.251. The van der Waals surface area contributed by atoms with Crippen LogP contribution < -0.4 is 10.2 Å². The van der Waals surface area contributed by atoms with E-state index in [4.69, 9.17) is 4.74 Å². The fourth-order valence-corrected chi connectivity index (χ4v) is 2.89. The molecule has 2 rings (SSSR count). The van der Waals surface area contributed by atoms with Gasteiger partial charge in [0.2, 0.25) is 5.91 Å². The van der Waals surface area contributed by atoms with Crippen LogP contribution in [0.1, 0.15) is 12.5 Å². The van der Waals surface area contributed by atoms with Gasteiger partial charge in [-0.2, -0.15) is 0 Å². The normalized spacial score (nSPS) is 14.6. The van der Waals surface area contributed by atoms with E-state index in [-0.39, 0.29) is 24.5 Å². The number of carbonyl (C=O) groups is 3. The van der Waals surface area contributed by atoms with Gasteiger partial charge in [0.05, 0.1) is 39.3 Å². The van der Waals surface area contributed by atoms with Gasteiger partial charge < -0.3 is 19.9 Å². The number of quaternary nitrogens is 1. The number of anilines is 1. The molecule has 1 aliphatic rings. The van der Waals surface area contributed by atoms with Gasteiger partial charge in [0.25, 0.3) is 5.91 Å². The van der Waals surface area contributed by atoms with Gasteiger partial charge in [0.15, 0.2) is 6.54 Å². The van der Waals surface area contributed by atoms with Crippen LogP contribution in [0, 0.1) is 6.92 Å². The minimum Gasteiger partial charge on any atom is -0.450 e. The van der Waals surface area contributed by atoms with Crippen molar-refractivity contribution < 1.29 is 24.0 Å². The largest absolute Gasteiger partial charge is 0.450 e. The Hall–Kier alpha value is -2.61. The van der Waals surface area contributed by atoms with Crippen molar-refractivity contribution in [2.75, 3.05) is 58.2 Å². The second-order valence-corrected chi connectivity index (χ2v) is 6.78. The number of nitrogens with zero attached hydrogens (tertiary/aromatic N) is 2. The average Bonchev–Trinajstić information content (AvgIpc) is 2.64. The maximum absolute atomic E-state index is 12.4. The lowest BCUT2D eigenvalue weighted by Crippen LogP contribution is -3.15. The summed E-state index contributed by atoms with van der Waals surface area (Å²) in [7, 11) is 1.63. The molecule has 1 fully saturated rings. The van der Waals surface area contributed by atoms with Crippen LogP contribution in [0.5, 0.6) is 0 Å². The first-order valence-electron chi connectivity index (χ1n) is 9.24. The van der Waals surface area contributed by atoms with Crippen molar-refractivity contribution in [3.05, 3.63) is 29.8 Å². The highest BCUT2D eigenvalue weighted by atomic mass is 16.6. The number of nitrogens with one attached hydrogen (secondary N) is 2. The first-order chi connectivity index (χ1) is 12.9. The van der Waals surface area contributed by atoms with Gasteiger partial charge in [-0.05, 0) is 26.0 Å². The van der Waals surface area contributed by atoms with Crippen molar-refractivity contribution in [3.63, 3.8) is 0 Å². The molecule has 27 heavy (non-hydrogen) atoms. The van der Waals surface area contributed by atoms with Gasteiger partial charge in [0, 0.05) is 12.7 Å². The Balaban J connectivity index is 1.73. The highest BCUT2D eigenvalue weighted by Gasteiger charge is 2.27. The monoisotopic (exact) mass is 377 g/mol. The number of benzene rings is 1. The summed E-state index contributed by atoms with van der Waals surface area (Å²) in [4.78, 5) is 40.4. The lowest BCUT2D eigenvalue weighted by molar-refractivity contribution is -0.896. The van der Waals surface area contributed by atoms with Crippen molar-refractivity contribution in [3.8, 4) is 0 Å². The average molecular weight is 377 g/mol. The number of likely N-dealkylation sites (N-methyl/N-ethyl adjacent to an activating group) is 1. The van der Waals surface area contributed by atoms with Crippen molar-refractivity contribution in [1.29, 1.82) is 0 Å². The van der Waals surface area contributed by atoms with Gasteiger partial charge in [-0.25, -0.2) is 4.79 Å². The fourth-order valence-electron chi connectivity index (χ4n) is 2.89. The van der Waals surface area contributed by atoms with Crippen LogP contribution in [-0.4, -0.2) is 80.6 Å². The van der Waals surface area contributed by atoms with Crippen LogP contribution in [0.25, 0.3) is 0 Å².